The molecule has 1 amide bonds. The molecule has 0 radical (unpaired) electrons. The second-order valence-electron chi connectivity index (χ2n) is 16.2. The first-order chi connectivity index (χ1) is 30.0. The van der Waals surface area contributed by atoms with E-state index in [-0.39, 0.29) is 27.5 Å². The molecule has 5 aromatic carbocycles. The number of amides is 1. The Bertz CT molecular complexity index is 2400. The largest absolute Gasteiger partial charge is 0.506 e. The third-order valence-electron chi connectivity index (χ3n) is 11.1. The minimum atomic E-state index is -3.80. The molecule has 0 spiro atoms. The van der Waals surface area contributed by atoms with Gasteiger partial charge >= 0.3 is 5.97 Å². The first kappa shape index (κ1) is 47.3. The molecule has 0 aromatic heterocycles. The summed E-state index contributed by atoms with van der Waals surface area (Å²) in [5, 5.41) is 37.2. The predicted molar refractivity (Wildman–Crippen MR) is 252 cm³/mol. The molecule has 0 saturated heterocycles. The molecule has 0 atom stereocenters. The Morgan fingerprint density at radius 1 is 0.629 bits per heavy atom. The van der Waals surface area contributed by atoms with Crippen LogP contribution in [0.2, 0.25) is 0 Å². The van der Waals surface area contributed by atoms with Gasteiger partial charge in [0.2, 0.25) is 0 Å². The number of unbranched alkanes of at least 4 members (excludes halogenated alkanes) is 15. The van der Waals surface area contributed by atoms with Crippen LogP contribution in [0, 0.1) is 13.8 Å². The Balaban J connectivity index is 1.18. The van der Waals surface area contributed by atoms with Gasteiger partial charge in [-0.1, -0.05) is 145 Å². The number of anilines is 3. The molecule has 0 bridgehead atoms. The Labute approximate surface area is 367 Å². The van der Waals surface area contributed by atoms with Gasteiger partial charge in [-0.3, -0.25) is 9.52 Å². The van der Waals surface area contributed by atoms with E-state index < -0.39 is 21.9 Å². The molecule has 5 N–H and O–H groups in total. The summed E-state index contributed by atoms with van der Waals surface area (Å²) in [5.41, 5.74) is 3.53. The quantitative estimate of drug-likeness (QED) is 0.0272. The number of hydrogen-bond acceptors (Lipinski definition) is 8. The van der Waals surface area contributed by atoms with E-state index in [1.807, 2.05) is 6.92 Å². The van der Waals surface area contributed by atoms with Gasteiger partial charge in [-0.15, -0.1) is 5.11 Å². The molecule has 0 aliphatic rings. The van der Waals surface area contributed by atoms with Gasteiger partial charge in [-0.2, -0.15) is 5.11 Å². The molecule has 5 rings (SSSR count). The number of phenolic OH excluding ortho intramolecular Hbond substituents is 1. The zero-order chi connectivity index (χ0) is 44.3. The highest BCUT2D eigenvalue weighted by atomic mass is 32.2. The highest BCUT2D eigenvalue weighted by Gasteiger charge is 2.20. The third kappa shape index (κ3) is 14.2. The topological polar surface area (TPSA) is 170 Å². The second-order valence-corrected chi connectivity index (χ2v) is 17.9. The Kier molecular flexibility index (Phi) is 18.3. The number of aryl methyl sites for hydroxylation is 2. The number of aromatic carboxylic acids is 1. The van der Waals surface area contributed by atoms with Crippen molar-refractivity contribution in [2.24, 2.45) is 10.2 Å². The summed E-state index contributed by atoms with van der Waals surface area (Å²) in [7, 11) is -3.80. The standard InChI is InChI=1S/C50H63N5O6S/c1-4-5-6-7-8-9-10-11-12-13-14-15-16-17-18-21-32-51-45-30-26-38(50(58)59)34-47(45)52-49(57)43-35-46(41-22-19-20-23-42(41)48(43)56)54-53-44-31-27-39(33-37(44)3)55-62(60,61)40-28-24-36(2)25-29-40/h19-20,22-31,33-35,51,55-56H,4-18,21,32H2,1-3H3,(H,52,57)(H,58,59)/b54-53+. The van der Waals surface area contributed by atoms with Crippen LogP contribution in [-0.4, -0.2) is 37.1 Å². The fraction of sp³-hybridized carbons (Fsp3) is 0.400. The van der Waals surface area contributed by atoms with E-state index in [2.05, 4.69) is 32.5 Å². The molecule has 0 saturated carbocycles. The van der Waals surface area contributed by atoms with Crippen molar-refractivity contribution in [3.05, 3.63) is 113 Å². The molecule has 0 unspecified atom stereocenters. The van der Waals surface area contributed by atoms with Gasteiger partial charge in [0.25, 0.3) is 15.9 Å². The summed E-state index contributed by atoms with van der Waals surface area (Å²) in [6, 6.07) is 24.4. The summed E-state index contributed by atoms with van der Waals surface area (Å²) in [5.74, 6) is -2.04. The van der Waals surface area contributed by atoms with Crippen molar-refractivity contribution in [2.75, 3.05) is 21.9 Å². The van der Waals surface area contributed by atoms with E-state index in [1.54, 1.807) is 79.7 Å². The van der Waals surface area contributed by atoms with E-state index in [0.717, 1.165) is 24.8 Å². The molecule has 0 aliphatic carbocycles. The summed E-state index contributed by atoms with van der Waals surface area (Å²) in [4.78, 5) is 26.0. The number of azo groups is 1. The van der Waals surface area contributed by atoms with Crippen molar-refractivity contribution in [1.29, 1.82) is 0 Å². The monoisotopic (exact) mass is 861 g/mol. The van der Waals surface area contributed by atoms with Crippen LogP contribution < -0.4 is 15.4 Å². The minimum absolute atomic E-state index is 0.00909. The van der Waals surface area contributed by atoms with Crippen molar-refractivity contribution in [2.45, 2.75) is 128 Å². The number of fused-ring (bicyclic) bond motifs is 1. The smallest absolute Gasteiger partial charge is 0.335 e. The molecule has 12 heteroatoms. The van der Waals surface area contributed by atoms with Gasteiger partial charge < -0.3 is 20.8 Å². The van der Waals surface area contributed by atoms with Crippen LogP contribution in [0.3, 0.4) is 0 Å². The Morgan fingerprint density at radius 2 is 1.21 bits per heavy atom. The van der Waals surface area contributed by atoms with Crippen LogP contribution in [0.1, 0.15) is 141 Å². The summed E-state index contributed by atoms with van der Waals surface area (Å²) in [6.07, 6.45) is 20.5. The highest BCUT2D eigenvalue weighted by Crippen LogP contribution is 2.38. The maximum Gasteiger partial charge on any atom is 0.335 e. The van der Waals surface area contributed by atoms with Crippen molar-refractivity contribution in [1.82, 2.24) is 0 Å². The fourth-order valence-corrected chi connectivity index (χ4v) is 8.54. The number of rotatable bonds is 26. The molecule has 0 heterocycles. The van der Waals surface area contributed by atoms with Crippen LogP contribution in [0.5, 0.6) is 5.75 Å². The summed E-state index contributed by atoms with van der Waals surface area (Å²) in [6.45, 7) is 6.58. The van der Waals surface area contributed by atoms with Crippen molar-refractivity contribution in [3.63, 3.8) is 0 Å². The van der Waals surface area contributed by atoms with E-state index in [9.17, 15) is 28.2 Å². The van der Waals surface area contributed by atoms with Gasteiger partial charge in [0.05, 0.1) is 38.8 Å². The highest BCUT2D eigenvalue weighted by molar-refractivity contribution is 7.92. The van der Waals surface area contributed by atoms with Crippen molar-refractivity contribution >= 4 is 61.1 Å². The maximum atomic E-state index is 13.9. The second kappa shape index (κ2) is 24.0. The van der Waals surface area contributed by atoms with Gasteiger partial charge in [-0.05, 0) is 80.4 Å². The third-order valence-corrected chi connectivity index (χ3v) is 12.5. The van der Waals surface area contributed by atoms with Crippen LogP contribution in [0.4, 0.5) is 28.4 Å². The number of nitrogens with one attached hydrogen (secondary N) is 3. The number of carboxylic acids is 1. The first-order valence-corrected chi connectivity index (χ1v) is 23.7. The van der Waals surface area contributed by atoms with E-state index >= 15 is 0 Å². The number of carboxylic acid groups (broad SMARTS) is 1. The van der Waals surface area contributed by atoms with Crippen LogP contribution in [0.25, 0.3) is 10.8 Å². The first-order valence-electron chi connectivity index (χ1n) is 22.3. The Hall–Kier alpha value is -5.75. The van der Waals surface area contributed by atoms with Crippen molar-refractivity contribution < 1.29 is 28.2 Å². The number of sulfonamides is 1. The number of carbonyl (C=O) groups is 2. The SMILES string of the molecule is CCCCCCCCCCCCCCCCCCNc1ccc(C(=O)O)cc1NC(=O)c1cc(/N=N/c2ccc(NS(=O)(=O)c3ccc(C)cc3)cc2C)c2ccccc2c1O. The lowest BCUT2D eigenvalue weighted by Crippen LogP contribution is -2.15. The van der Waals surface area contributed by atoms with Crippen LogP contribution in [0.15, 0.2) is 106 Å². The van der Waals surface area contributed by atoms with Crippen molar-refractivity contribution in [3.8, 4) is 5.75 Å². The van der Waals surface area contributed by atoms with E-state index in [1.165, 1.54) is 102 Å². The number of hydrogen-bond donors (Lipinski definition) is 5. The number of aromatic hydroxyl groups is 1. The lowest BCUT2D eigenvalue weighted by molar-refractivity contribution is 0.0696. The normalized spacial score (nSPS) is 11.6. The van der Waals surface area contributed by atoms with Gasteiger partial charge in [0.15, 0.2) is 0 Å². The average Bonchev–Trinajstić information content (AvgIpc) is 3.25. The molecule has 0 aliphatic heterocycles. The summed E-state index contributed by atoms with van der Waals surface area (Å²) < 4.78 is 28.5. The van der Waals surface area contributed by atoms with Gasteiger partial charge in [-0.25, -0.2) is 13.2 Å². The molecule has 0 fully saturated rings. The zero-order valence-electron chi connectivity index (χ0n) is 36.5. The minimum Gasteiger partial charge on any atom is -0.506 e. The fourth-order valence-electron chi connectivity index (χ4n) is 7.49. The number of carbonyl (C=O) groups excluding carboxylic acids is 1. The zero-order valence-corrected chi connectivity index (χ0v) is 37.3. The molecule has 11 nitrogen and oxygen atoms in total. The van der Waals surface area contributed by atoms with Gasteiger partial charge in [0.1, 0.15) is 5.75 Å². The molecular formula is C50H63N5O6S. The average molecular weight is 862 g/mol. The van der Waals surface area contributed by atoms with Crippen LogP contribution >= 0.6 is 0 Å². The maximum absolute atomic E-state index is 13.9. The van der Waals surface area contributed by atoms with Crippen LogP contribution in [-0.2, 0) is 10.0 Å². The van der Waals surface area contributed by atoms with Gasteiger partial charge in [0, 0.05) is 23.0 Å². The Morgan fingerprint density at radius 3 is 1.81 bits per heavy atom. The predicted octanol–water partition coefficient (Wildman–Crippen LogP) is 14.0. The number of benzene rings is 5. The summed E-state index contributed by atoms with van der Waals surface area (Å²) >= 11 is 0. The molecular weight excluding hydrogens is 799 g/mol. The lowest BCUT2D eigenvalue weighted by Gasteiger charge is -2.15. The number of phenols is 1. The lowest BCUT2D eigenvalue weighted by atomic mass is 10.0. The molecule has 5 aromatic rings. The molecule has 62 heavy (non-hydrogen) atoms. The number of nitrogens with zero attached hydrogens (tertiary/aromatic N) is 2. The van der Waals surface area contributed by atoms with E-state index in [4.69, 9.17) is 0 Å². The van der Waals surface area contributed by atoms with E-state index in [0.29, 0.717) is 45.6 Å². The molecule has 330 valence electrons.